The highest BCUT2D eigenvalue weighted by molar-refractivity contribution is 5.93. The van der Waals surface area contributed by atoms with E-state index in [2.05, 4.69) is 11.7 Å². The van der Waals surface area contributed by atoms with Crippen LogP contribution in [0.2, 0.25) is 0 Å². The molecule has 0 fully saturated rings. The zero-order valence-corrected chi connectivity index (χ0v) is 30.1. The number of esters is 4. The Labute approximate surface area is 313 Å². The number of hydrogen-bond donors (Lipinski definition) is 0. The van der Waals surface area contributed by atoms with Gasteiger partial charge in [0, 0.05) is 0 Å². The molecule has 0 aromatic heterocycles. The molecule has 55 heavy (non-hydrogen) atoms. The Morgan fingerprint density at radius 2 is 1.00 bits per heavy atom. The van der Waals surface area contributed by atoms with Crippen LogP contribution in [-0.4, -0.2) is 61.2 Å². The van der Waals surface area contributed by atoms with Gasteiger partial charge < -0.3 is 23.7 Å². The number of ether oxygens (including phenoxy) is 5. The second-order valence-electron chi connectivity index (χ2n) is 12.5. The standard InChI is InChI=1S/C39H41F7O9/c1-3-4-5-8-11-26(2)53-33(47)27-14-20-31(21-15-27)55-35(49)29-16-22-32(23-17-29)54-34(48)28-12-18-30(19-13-28)51-24-9-6-7-10-25-52-36(50)37(40,41)38(42,43)39(44,45)46/h12-23,26H,3-11,24-25H2,1-2H3/t26-/m0/s1. The van der Waals surface area contributed by atoms with Gasteiger partial charge in [0.05, 0.1) is 36.0 Å². The van der Waals surface area contributed by atoms with Crippen molar-refractivity contribution in [3.63, 3.8) is 0 Å². The van der Waals surface area contributed by atoms with E-state index in [9.17, 15) is 49.9 Å². The molecule has 0 bridgehead atoms. The van der Waals surface area contributed by atoms with Gasteiger partial charge in [0.2, 0.25) is 0 Å². The zero-order valence-electron chi connectivity index (χ0n) is 30.1. The van der Waals surface area contributed by atoms with Crippen LogP contribution in [0.25, 0.3) is 0 Å². The number of rotatable bonds is 21. The van der Waals surface area contributed by atoms with Gasteiger partial charge in [-0.1, -0.05) is 26.2 Å². The maximum absolute atomic E-state index is 13.3. The number of alkyl halides is 7. The quantitative estimate of drug-likeness (QED) is 0.0451. The first-order valence-corrected chi connectivity index (χ1v) is 17.5. The highest BCUT2D eigenvalue weighted by Crippen LogP contribution is 2.47. The largest absolute Gasteiger partial charge is 0.494 e. The molecule has 3 rings (SSSR count). The van der Waals surface area contributed by atoms with Crippen LogP contribution in [0.5, 0.6) is 17.2 Å². The summed E-state index contributed by atoms with van der Waals surface area (Å²) in [7, 11) is 0. The first-order chi connectivity index (χ1) is 26.0. The van der Waals surface area contributed by atoms with E-state index >= 15 is 0 Å². The third kappa shape index (κ3) is 13.3. The highest BCUT2D eigenvalue weighted by atomic mass is 19.4. The van der Waals surface area contributed by atoms with Gasteiger partial charge in [-0.15, -0.1) is 0 Å². The van der Waals surface area contributed by atoms with Crippen molar-refractivity contribution in [2.24, 2.45) is 0 Å². The van der Waals surface area contributed by atoms with Gasteiger partial charge in [0.1, 0.15) is 17.2 Å². The van der Waals surface area contributed by atoms with Crippen LogP contribution in [0.15, 0.2) is 72.8 Å². The summed E-state index contributed by atoms with van der Waals surface area (Å²) in [6, 6.07) is 17.6. The SMILES string of the molecule is CCCCCC[C@H](C)OC(=O)c1ccc(OC(=O)c2ccc(OC(=O)c3ccc(OCCCCCCOC(=O)C(F)(F)C(F)(F)C(F)(F)F)cc3)cc2)cc1. The number of carbonyl (C=O) groups is 4. The van der Waals surface area contributed by atoms with Crippen LogP contribution in [0.4, 0.5) is 30.7 Å². The van der Waals surface area contributed by atoms with E-state index < -0.39 is 48.5 Å². The monoisotopic (exact) mass is 786 g/mol. The van der Waals surface area contributed by atoms with Crippen molar-refractivity contribution in [3.8, 4) is 17.2 Å². The Hall–Kier alpha value is -5.15. The Balaban J connectivity index is 1.35. The molecule has 0 amide bonds. The van der Waals surface area contributed by atoms with E-state index in [4.69, 9.17) is 18.9 Å². The zero-order chi connectivity index (χ0) is 40.6. The Bertz CT molecular complexity index is 1690. The molecule has 16 heteroatoms. The lowest BCUT2D eigenvalue weighted by atomic mass is 10.1. The topological polar surface area (TPSA) is 114 Å². The molecule has 9 nitrogen and oxygen atoms in total. The first-order valence-electron chi connectivity index (χ1n) is 17.5. The lowest BCUT2D eigenvalue weighted by Gasteiger charge is -2.26. The summed E-state index contributed by atoms with van der Waals surface area (Å²) < 4.78 is 114. The molecular weight excluding hydrogens is 745 g/mol. The predicted octanol–water partition coefficient (Wildman–Crippen LogP) is 9.96. The van der Waals surface area contributed by atoms with Crippen molar-refractivity contribution in [3.05, 3.63) is 89.5 Å². The molecule has 3 aromatic rings. The van der Waals surface area contributed by atoms with Gasteiger partial charge in [-0.3, -0.25) is 0 Å². The average Bonchev–Trinajstić information content (AvgIpc) is 3.14. The molecule has 0 aliphatic heterocycles. The number of unbranched alkanes of at least 4 members (excludes halogenated alkanes) is 6. The molecule has 3 aromatic carbocycles. The van der Waals surface area contributed by atoms with Gasteiger partial charge in [-0.2, -0.15) is 30.7 Å². The van der Waals surface area contributed by atoms with Crippen molar-refractivity contribution in [2.45, 2.75) is 95.8 Å². The Morgan fingerprint density at radius 3 is 1.47 bits per heavy atom. The molecule has 0 radical (unpaired) electrons. The minimum atomic E-state index is -6.63. The summed E-state index contributed by atoms with van der Waals surface area (Å²) in [4.78, 5) is 48.8. The lowest BCUT2D eigenvalue weighted by molar-refractivity contribution is -0.348. The minimum absolute atomic E-state index is 0.0586. The molecule has 0 heterocycles. The fourth-order valence-electron chi connectivity index (χ4n) is 4.81. The fourth-order valence-corrected chi connectivity index (χ4v) is 4.81. The summed E-state index contributed by atoms with van der Waals surface area (Å²) in [6.45, 7) is 3.40. The molecule has 0 saturated heterocycles. The van der Waals surface area contributed by atoms with Crippen LogP contribution in [0.1, 0.15) is 103 Å². The molecule has 1 atom stereocenters. The van der Waals surface area contributed by atoms with E-state index in [0.29, 0.717) is 24.2 Å². The molecule has 0 aliphatic rings. The van der Waals surface area contributed by atoms with Crippen molar-refractivity contribution in [1.82, 2.24) is 0 Å². The first kappa shape index (κ1) is 44.2. The van der Waals surface area contributed by atoms with Gasteiger partial charge in [-0.05, 0) is 118 Å². The number of carbonyl (C=O) groups excluding carboxylic acids is 4. The van der Waals surface area contributed by atoms with Crippen LogP contribution in [0.3, 0.4) is 0 Å². The molecule has 0 saturated carbocycles. The summed E-state index contributed by atoms with van der Waals surface area (Å²) in [5.41, 5.74) is 0.705. The van der Waals surface area contributed by atoms with Crippen LogP contribution in [-0.2, 0) is 14.3 Å². The van der Waals surface area contributed by atoms with Crippen LogP contribution in [0, 0.1) is 0 Å². The van der Waals surface area contributed by atoms with Gasteiger partial charge in [0.15, 0.2) is 0 Å². The van der Waals surface area contributed by atoms with Crippen LogP contribution < -0.4 is 14.2 Å². The second kappa shape index (κ2) is 20.5. The van der Waals surface area contributed by atoms with Gasteiger partial charge in [-0.25, -0.2) is 19.2 Å². The van der Waals surface area contributed by atoms with E-state index in [-0.39, 0.29) is 48.2 Å². The molecule has 0 spiro atoms. The van der Waals surface area contributed by atoms with Gasteiger partial charge in [0.25, 0.3) is 0 Å². The summed E-state index contributed by atoms with van der Waals surface area (Å²) in [6.07, 6.45) is -0.638. The number of benzene rings is 3. The maximum atomic E-state index is 13.3. The average molecular weight is 787 g/mol. The number of halogens is 7. The smallest absolute Gasteiger partial charge is 0.460 e. The summed E-state index contributed by atoms with van der Waals surface area (Å²) in [5.74, 6) is -16.6. The fraction of sp³-hybridized carbons (Fsp3) is 0.436. The third-order valence-electron chi connectivity index (χ3n) is 8.01. The Morgan fingerprint density at radius 1 is 0.564 bits per heavy atom. The summed E-state index contributed by atoms with van der Waals surface area (Å²) >= 11 is 0. The van der Waals surface area contributed by atoms with Crippen LogP contribution >= 0.6 is 0 Å². The normalized spacial score (nSPS) is 12.4. The van der Waals surface area contributed by atoms with E-state index in [1.807, 2.05) is 6.92 Å². The lowest BCUT2D eigenvalue weighted by Crippen LogP contribution is -2.56. The molecular formula is C39H41F7O9. The Kier molecular flexibility index (Phi) is 16.5. The maximum Gasteiger partial charge on any atom is 0.460 e. The second-order valence-corrected chi connectivity index (χ2v) is 12.5. The third-order valence-corrected chi connectivity index (χ3v) is 8.01. The molecule has 0 aliphatic carbocycles. The van der Waals surface area contributed by atoms with Crippen molar-refractivity contribution in [1.29, 1.82) is 0 Å². The predicted molar refractivity (Wildman–Crippen MR) is 184 cm³/mol. The van der Waals surface area contributed by atoms with Gasteiger partial charge >= 0.3 is 41.9 Å². The van der Waals surface area contributed by atoms with Crippen molar-refractivity contribution >= 4 is 23.9 Å². The highest BCUT2D eigenvalue weighted by Gasteiger charge is 2.77. The van der Waals surface area contributed by atoms with Crippen molar-refractivity contribution in [2.75, 3.05) is 13.2 Å². The van der Waals surface area contributed by atoms with E-state index in [1.54, 1.807) is 0 Å². The van der Waals surface area contributed by atoms with Crippen molar-refractivity contribution < 1.29 is 73.6 Å². The minimum Gasteiger partial charge on any atom is -0.494 e. The molecule has 0 N–H and O–H groups in total. The summed E-state index contributed by atoms with van der Waals surface area (Å²) in [5, 5.41) is 0. The molecule has 0 unspecified atom stereocenters. The van der Waals surface area contributed by atoms with E-state index in [1.165, 1.54) is 72.8 Å². The van der Waals surface area contributed by atoms with E-state index in [0.717, 1.165) is 32.1 Å². The molecule has 300 valence electrons. The number of hydrogen-bond acceptors (Lipinski definition) is 9.